The maximum absolute atomic E-state index is 6.00. The third kappa shape index (κ3) is 2.63. The molecule has 0 unspecified atom stereocenters. The Morgan fingerprint density at radius 3 is 2.04 bits per heavy atom. The standard InChI is InChI=1S/C22H14O/c1-3-9-17(10-4-1)15-16-21-22(18-11-5-2-6-12-18)19-13-7-8-14-20(19)23-21/h1-14H. The second kappa shape index (κ2) is 5.87. The summed E-state index contributed by atoms with van der Waals surface area (Å²) in [5.41, 5.74) is 4.02. The van der Waals surface area contributed by atoms with Crippen molar-refractivity contribution in [3.63, 3.8) is 0 Å². The first-order valence-electron chi connectivity index (χ1n) is 7.56. The van der Waals surface area contributed by atoms with Crippen LogP contribution in [0.15, 0.2) is 89.3 Å². The quantitative estimate of drug-likeness (QED) is 0.422. The minimum Gasteiger partial charge on any atom is -0.447 e. The topological polar surface area (TPSA) is 13.1 Å². The second-order valence-electron chi connectivity index (χ2n) is 5.28. The lowest BCUT2D eigenvalue weighted by Crippen LogP contribution is -1.80. The molecule has 0 aliphatic carbocycles. The molecule has 23 heavy (non-hydrogen) atoms. The summed E-state index contributed by atoms with van der Waals surface area (Å²) in [5, 5.41) is 1.09. The lowest BCUT2D eigenvalue weighted by atomic mass is 10.0. The first-order chi connectivity index (χ1) is 11.4. The molecule has 1 aromatic heterocycles. The monoisotopic (exact) mass is 294 g/mol. The van der Waals surface area contributed by atoms with Gasteiger partial charge in [-0.05, 0) is 29.7 Å². The molecule has 0 fully saturated rings. The van der Waals surface area contributed by atoms with Crippen LogP contribution in [0.25, 0.3) is 22.1 Å². The van der Waals surface area contributed by atoms with Gasteiger partial charge in [0.15, 0.2) is 5.76 Å². The highest BCUT2D eigenvalue weighted by Crippen LogP contribution is 2.34. The van der Waals surface area contributed by atoms with Crippen LogP contribution in [0.5, 0.6) is 0 Å². The Labute approximate surface area is 135 Å². The lowest BCUT2D eigenvalue weighted by Gasteiger charge is -1.99. The van der Waals surface area contributed by atoms with Gasteiger partial charge in [-0.2, -0.15) is 0 Å². The molecule has 0 aliphatic heterocycles. The van der Waals surface area contributed by atoms with E-state index in [-0.39, 0.29) is 0 Å². The molecule has 0 spiro atoms. The summed E-state index contributed by atoms with van der Waals surface area (Å²) in [6.45, 7) is 0. The van der Waals surface area contributed by atoms with Crippen molar-refractivity contribution in [3.8, 4) is 23.0 Å². The number of rotatable bonds is 1. The van der Waals surface area contributed by atoms with Crippen LogP contribution in [0.3, 0.4) is 0 Å². The minimum absolute atomic E-state index is 0.709. The van der Waals surface area contributed by atoms with Crippen molar-refractivity contribution in [1.82, 2.24) is 0 Å². The predicted molar refractivity (Wildman–Crippen MR) is 94.1 cm³/mol. The van der Waals surface area contributed by atoms with E-state index in [1.165, 1.54) is 0 Å². The van der Waals surface area contributed by atoms with E-state index in [1.807, 2.05) is 66.7 Å². The predicted octanol–water partition coefficient (Wildman–Crippen LogP) is 5.50. The van der Waals surface area contributed by atoms with E-state index in [0.717, 1.165) is 27.7 Å². The fourth-order valence-electron chi connectivity index (χ4n) is 2.68. The maximum Gasteiger partial charge on any atom is 0.186 e. The summed E-state index contributed by atoms with van der Waals surface area (Å²) in [4.78, 5) is 0. The first kappa shape index (κ1) is 13.4. The largest absolute Gasteiger partial charge is 0.447 e. The number of benzene rings is 3. The molecule has 1 nitrogen and oxygen atoms in total. The number of para-hydroxylation sites is 1. The van der Waals surface area contributed by atoms with E-state index in [1.54, 1.807) is 0 Å². The Balaban J connectivity index is 1.92. The highest BCUT2D eigenvalue weighted by Gasteiger charge is 2.13. The number of fused-ring (bicyclic) bond motifs is 1. The van der Waals surface area contributed by atoms with Gasteiger partial charge in [0.1, 0.15) is 5.58 Å². The number of furan rings is 1. The van der Waals surface area contributed by atoms with E-state index in [4.69, 9.17) is 4.42 Å². The summed E-state index contributed by atoms with van der Waals surface area (Å²) < 4.78 is 6.00. The van der Waals surface area contributed by atoms with Gasteiger partial charge in [-0.15, -0.1) is 0 Å². The third-order valence-electron chi connectivity index (χ3n) is 3.75. The lowest BCUT2D eigenvalue weighted by molar-refractivity contribution is 0.602. The maximum atomic E-state index is 6.00. The van der Waals surface area contributed by atoms with Gasteiger partial charge in [0.25, 0.3) is 0 Å². The van der Waals surface area contributed by atoms with E-state index in [9.17, 15) is 0 Å². The van der Waals surface area contributed by atoms with Crippen molar-refractivity contribution in [3.05, 3.63) is 96.3 Å². The zero-order chi connectivity index (χ0) is 15.5. The van der Waals surface area contributed by atoms with Gasteiger partial charge in [-0.3, -0.25) is 0 Å². The SMILES string of the molecule is C(#Cc1oc2ccccc2c1-c1ccccc1)c1ccccc1. The Morgan fingerprint density at radius 2 is 1.26 bits per heavy atom. The van der Waals surface area contributed by atoms with Crippen molar-refractivity contribution < 1.29 is 4.42 Å². The molecule has 1 heteroatoms. The minimum atomic E-state index is 0.709. The molecule has 3 aromatic carbocycles. The van der Waals surface area contributed by atoms with E-state index in [2.05, 4.69) is 30.0 Å². The molecule has 1 heterocycles. The van der Waals surface area contributed by atoms with Crippen LogP contribution in [0.4, 0.5) is 0 Å². The molecule has 0 bridgehead atoms. The molecule has 0 N–H and O–H groups in total. The van der Waals surface area contributed by atoms with Crippen LogP contribution in [0.2, 0.25) is 0 Å². The van der Waals surface area contributed by atoms with Gasteiger partial charge in [0.05, 0.1) is 0 Å². The molecule has 0 amide bonds. The van der Waals surface area contributed by atoms with Crippen molar-refractivity contribution in [2.45, 2.75) is 0 Å². The fourth-order valence-corrected chi connectivity index (χ4v) is 2.68. The van der Waals surface area contributed by atoms with E-state index in [0.29, 0.717) is 5.76 Å². The van der Waals surface area contributed by atoms with Crippen molar-refractivity contribution in [2.75, 3.05) is 0 Å². The summed E-state index contributed by atoms with van der Waals surface area (Å²) in [6.07, 6.45) is 0. The Morgan fingerprint density at radius 1 is 0.609 bits per heavy atom. The highest BCUT2D eigenvalue weighted by molar-refractivity contribution is 5.97. The first-order valence-corrected chi connectivity index (χ1v) is 7.56. The van der Waals surface area contributed by atoms with Crippen molar-refractivity contribution in [2.24, 2.45) is 0 Å². The average molecular weight is 294 g/mol. The zero-order valence-electron chi connectivity index (χ0n) is 12.5. The molecule has 4 rings (SSSR count). The van der Waals surface area contributed by atoms with Crippen LogP contribution in [0.1, 0.15) is 11.3 Å². The summed E-state index contributed by atoms with van der Waals surface area (Å²) >= 11 is 0. The third-order valence-corrected chi connectivity index (χ3v) is 3.75. The molecule has 0 radical (unpaired) electrons. The van der Waals surface area contributed by atoms with Gasteiger partial charge in [-0.1, -0.05) is 72.7 Å². The number of hydrogen-bond acceptors (Lipinski definition) is 1. The molecular formula is C22H14O. The summed E-state index contributed by atoms with van der Waals surface area (Å²) in [5.74, 6) is 7.10. The van der Waals surface area contributed by atoms with Gasteiger partial charge in [0.2, 0.25) is 0 Å². The molecule has 108 valence electrons. The van der Waals surface area contributed by atoms with Gasteiger partial charge in [-0.25, -0.2) is 0 Å². The normalized spacial score (nSPS) is 10.3. The van der Waals surface area contributed by atoms with E-state index >= 15 is 0 Å². The van der Waals surface area contributed by atoms with Crippen LogP contribution in [-0.2, 0) is 0 Å². The van der Waals surface area contributed by atoms with E-state index < -0.39 is 0 Å². The van der Waals surface area contributed by atoms with Crippen LogP contribution >= 0.6 is 0 Å². The van der Waals surface area contributed by atoms with Crippen LogP contribution in [0, 0.1) is 11.8 Å². The van der Waals surface area contributed by atoms with Gasteiger partial charge >= 0.3 is 0 Å². The summed E-state index contributed by atoms with van der Waals surface area (Å²) in [7, 11) is 0. The Bertz CT molecular complexity index is 999. The molecule has 0 atom stereocenters. The average Bonchev–Trinajstić information content (AvgIpc) is 3.00. The number of hydrogen-bond donors (Lipinski definition) is 0. The van der Waals surface area contributed by atoms with Gasteiger partial charge in [0, 0.05) is 16.5 Å². The molecule has 0 saturated heterocycles. The Kier molecular flexibility index (Phi) is 3.42. The van der Waals surface area contributed by atoms with Crippen molar-refractivity contribution in [1.29, 1.82) is 0 Å². The zero-order valence-corrected chi connectivity index (χ0v) is 12.5. The van der Waals surface area contributed by atoms with Crippen molar-refractivity contribution >= 4 is 11.0 Å². The highest BCUT2D eigenvalue weighted by atomic mass is 16.3. The molecular weight excluding hydrogens is 280 g/mol. The second-order valence-corrected chi connectivity index (χ2v) is 5.28. The smallest absolute Gasteiger partial charge is 0.186 e. The van der Waals surface area contributed by atoms with Crippen LogP contribution < -0.4 is 0 Å². The Hall–Kier alpha value is -3.24. The molecule has 4 aromatic rings. The van der Waals surface area contributed by atoms with Gasteiger partial charge < -0.3 is 4.42 Å². The summed E-state index contributed by atoms with van der Waals surface area (Å²) in [6, 6.07) is 28.3. The fraction of sp³-hybridized carbons (Fsp3) is 0. The molecule has 0 aliphatic rings. The molecule has 0 saturated carbocycles. The van der Waals surface area contributed by atoms with Crippen LogP contribution in [-0.4, -0.2) is 0 Å².